The first kappa shape index (κ1) is 15.7. The number of hydrogen-bond donors (Lipinski definition) is 1. The van der Waals surface area contributed by atoms with E-state index in [1.807, 2.05) is 0 Å². The molecule has 1 heterocycles. The average Bonchev–Trinajstić information content (AvgIpc) is 2.37. The molecule has 4 nitrogen and oxygen atoms in total. The minimum Gasteiger partial charge on any atom is -0.370 e. The molecule has 0 radical (unpaired) electrons. The van der Waals surface area contributed by atoms with Crippen LogP contribution < -0.4 is 10.2 Å². The van der Waals surface area contributed by atoms with Crippen LogP contribution in [0.3, 0.4) is 0 Å². The molecule has 0 aliphatic heterocycles. The van der Waals surface area contributed by atoms with Crippen molar-refractivity contribution in [2.24, 2.45) is 0 Å². The summed E-state index contributed by atoms with van der Waals surface area (Å²) in [6.07, 6.45) is 2.73. The molecule has 1 rings (SSSR count). The Bertz CT molecular complexity index is 413. The van der Waals surface area contributed by atoms with E-state index >= 15 is 0 Å². The van der Waals surface area contributed by atoms with E-state index in [4.69, 9.17) is 0 Å². The highest BCUT2D eigenvalue weighted by molar-refractivity contribution is 5.61. The van der Waals surface area contributed by atoms with E-state index in [9.17, 15) is 0 Å². The molecule has 1 N–H and O–H groups in total. The fourth-order valence-electron chi connectivity index (χ4n) is 2.02. The van der Waals surface area contributed by atoms with E-state index in [-0.39, 0.29) is 5.54 Å². The van der Waals surface area contributed by atoms with Gasteiger partial charge in [0.1, 0.15) is 18.0 Å². The van der Waals surface area contributed by atoms with Crippen molar-refractivity contribution >= 4 is 11.6 Å². The maximum absolute atomic E-state index is 4.53. The van der Waals surface area contributed by atoms with Crippen molar-refractivity contribution in [2.45, 2.75) is 59.4 Å². The van der Waals surface area contributed by atoms with Crippen molar-refractivity contribution in [2.75, 3.05) is 23.8 Å². The summed E-state index contributed by atoms with van der Waals surface area (Å²) >= 11 is 0. The molecule has 0 aliphatic carbocycles. The number of hydrogen-bond acceptors (Lipinski definition) is 4. The van der Waals surface area contributed by atoms with Crippen molar-refractivity contribution in [3.05, 3.63) is 11.9 Å². The minimum atomic E-state index is 0.0848. The van der Waals surface area contributed by atoms with Crippen LogP contribution in [0, 0.1) is 0 Å². The summed E-state index contributed by atoms with van der Waals surface area (Å²) in [7, 11) is 2.12. The fraction of sp³-hybridized carbons (Fsp3) is 0.733. The first-order chi connectivity index (χ1) is 8.85. The maximum atomic E-state index is 4.53. The highest BCUT2D eigenvalue weighted by Crippen LogP contribution is 2.33. The Hall–Kier alpha value is -1.32. The molecule has 19 heavy (non-hydrogen) atoms. The van der Waals surface area contributed by atoms with E-state index in [0.717, 1.165) is 24.6 Å². The van der Waals surface area contributed by atoms with Crippen LogP contribution in [-0.4, -0.2) is 29.1 Å². The Morgan fingerprint density at radius 3 is 2.37 bits per heavy atom. The third-order valence-electron chi connectivity index (χ3n) is 3.88. The van der Waals surface area contributed by atoms with Gasteiger partial charge < -0.3 is 10.2 Å². The molecule has 0 bridgehead atoms. The van der Waals surface area contributed by atoms with Gasteiger partial charge in [0, 0.05) is 24.7 Å². The monoisotopic (exact) mass is 264 g/mol. The molecule has 108 valence electrons. The number of nitrogens with zero attached hydrogens (tertiary/aromatic N) is 3. The second-order valence-corrected chi connectivity index (χ2v) is 5.87. The van der Waals surface area contributed by atoms with Crippen LogP contribution in [0.25, 0.3) is 0 Å². The molecule has 0 atom stereocenters. The lowest BCUT2D eigenvalue weighted by Gasteiger charge is -2.37. The lowest BCUT2D eigenvalue weighted by Crippen LogP contribution is -2.41. The molecule has 0 unspecified atom stereocenters. The van der Waals surface area contributed by atoms with Crippen LogP contribution in [0.15, 0.2) is 6.33 Å². The fourth-order valence-corrected chi connectivity index (χ4v) is 2.02. The van der Waals surface area contributed by atoms with E-state index in [1.54, 1.807) is 6.33 Å². The topological polar surface area (TPSA) is 41.1 Å². The van der Waals surface area contributed by atoms with Gasteiger partial charge in [-0.25, -0.2) is 9.97 Å². The molecular weight excluding hydrogens is 236 g/mol. The van der Waals surface area contributed by atoms with Crippen LogP contribution in [-0.2, 0) is 0 Å². The zero-order valence-corrected chi connectivity index (χ0v) is 13.4. The second kappa shape index (κ2) is 6.22. The van der Waals surface area contributed by atoms with Gasteiger partial charge in [-0.3, -0.25) is 0 Å². The summed E-state index contributed by atoms with van der Waals surface area (Å²) in [4.78, 5) is 11.2. The van der Waals surface area contributed by atoms with Crippen molar-refractivity contribution in [3.63, 3.8) is 0 Å². The normalized spacial score (nSPS) is 11.8. The highest BCUT2D eigenvalue weighted by atomic mass is 15.2. The van der Waals surface area contributed by atoms with E-state index in [2.05, 4.69) is 68.8 Å². The molecule has 0 aromatic carbocycles. The van der Waals surface area contributed by atoms with Crippen molar-refractivity contribution in [3.8, 4) is 0 Å². The largest absolute Gasteiger partial charge is 0.370 e. The summed E-state index contributed by atoms with van der Waals surface area (Å²) in [6, 6.07) is 0. The molecule has 4 heteroatoms. The zero-order valence-electron chi connectivity index (χ0n) is 13.4. The van der Waals surface area contributed by atoms with Gasteiger partial charge in [0.25, 0.3) is 0 Å². The van der Waals surface area contributed by atoms with Gasteiger partial charge >= 0.3 is 0 Å². The standard InChI is InChI=1S/C15H28N4/c1-8-15(5,6)19(7)14-12(11(3)4)13(16-9-2)17-10-18-14/h10-11H,8-9H2,1-7H3,(H,16,17,18). The van der Waals surface area contributed by atoms with Gasteiger partial charge in [0.2, 0.25) is 0 Å². The molecule has 0 spiro atoms. The van der Waals surface area contributed by atoms with Gasteiger partial charge in [-0.15, -0.1) is 0 Å². The smallest absolute Gasteiger partial charge is 0.137 e. The molecule has 1 aromatic heterocycles. The van der Waals surface area contributed by atoms with Crippen molar-refractivity contribution in [1.82, 2.24) is 9.97 Å². The summed E-state index contributed by atoms with van der Waals surface area (Å²) in [5.74, 6) is 2.38. The van der Waals surface area contributed by atoms with Gasteiger partial charge in [-0.1, -0.05) is 20.8 Å². The lowest BCUT2D eigenvalue weighted by atomic mass is 9.97. The summed E-state index contributed by atoms with van der Waals surface area (Å²) < 4.78 is 0. The lowest BCUT2D eigenvalue weighted by molar-refractivity contribution is 0.465. The van der Waals surface area contributed by atoms with E-state index in [1.165, 1.54) is 5.56 Å². The zero-order chi connectivity index (χ0) is 14.6. The molecular formula is C15H28N4. The minimum absolute atomic E-state index is 0.0848. The molecule has 0 aliphatic rings. The Morgan fingerprint density at radius 1 is 1.26 bits per heavy atom. The van der Waals surface area contributed by atoms with Crippen LogP contribution >= 0.6 is 0 Å². The van der Waals surface area contributed by atoms with Crippen molar-refractivity contribution < 1.29 is 0 Å². The maximum Gasteiger partial charge on any atom is 0.137 e. The molecule has 1 aromatic rings. The molecule has 0 saturated heterocycles. The van der Waals surface area contributed by atoms with Gasteiger partial charge in [-0.2, -0.15) is 0 Å². The Kier molecular flexibility index (Phi) is 5.15. The number of aromatic nitrogens is 2. The SMILES string of the molecule is CCNc1ncnc(N(C)C(C)(C)CC)c1C(C)C. The average molecular weight is 264 g/mol. The van der Waals surface area contributed by atoms with E-state index < -0.39 is 0 Å². The Labute approximate surface area is 117 Å². The first-order valence-electron chi connectivity index (χ1n) is 7.17. The molecule has 0 saturated carbocycles. The third-order valence-corrected chi connectivity index (χ3v) is 3.88. The number of rotatable bonds is 6. The second-order valence-electron chi connectivity index (χ2n) is 5.87. The van der Waals surface area contributed by atoms with Crippen LogP contribution in [0.4, 0.5) is 11.6 Å². The molecule has 0 amide bonds. The highest BCUT2D eigenvalue weighted by Gasteiger charge is 2.26. The van der Waals surface area contributed by atoms with Crippen LogP contribution in [0.2, 0.25) is 0 Å². The number of anilines is 2. The number of nitrogens with one attached hydrogen (secondary N) is 1. The predicted molar refractivity (Wildman–Crippen MR) is 83.1 cm³/mol. The quantitative estimate of drug-likeness (QED) is 0.851. The first-order valence-corrected chi connectivity index (χ1v) is 7.17. The van der Waals surface area contributed by atoms with Gasteiger partial charge in [0.05, 0.1) is 0 Å². The van der Waals surface area contributed by atoms with Gasteiger partial charge in [-0.05, 0) is 33.1 Å². The Balaban J connectivity index is 3.30. The van der Waals surface area contributed by atoms with Crippen LogP contribution in [0.1, 0.15) is 59.4 Å². The predicted octanol–water partition coefficient (Wildman–Crippen LogP) is 3.66. The van der Waals surface area contributed by atoms with Crippen molar-refractivity contribution in [1.29, 1.82) is 0 Å². The Morgan fingerprint density at radius 2 is 1.89 bits per heavy atom. The van der Waals surface area contributed by atoms with E-state index in [0.29, 0.717) is 5.92 Å². The summed E-state index contributed by atoms with van der Waals surface area (Å²) in [5.41, 5.74) is 1.29. The summed E-state index contributed by atoms with van der Waals surface area (Å²) in [5, 5.41) is 3.34. The molecule has 0 fully saturated rings. The summed E-state index contributed by atoms with van der Waals surface area (Å²) in [6.45, 7) is 14.0. The third kappa shape index (κ3) is 3.37. The van der Waals surface area contributed by atoms with Crippen LogP contribution in [0.5, 0.6) is 0 Å². The van der Waals surface area contributed by atoms with Gasteiger partial charge in [0.15, 0.2) is 0 Å².